The van der Waals surface area contributed by atoms with Gasteiger partial charge in [-0.2, -0.15) is 13.2 Å². The molecule has 2 aromatic rings. The van der Waals surface area contributed by atoms with Crippen LogP contribution < -0.4 is 5.56 Å². The molecule has 2 N–H and O–H groups in total. The van der Waals surface area contributed by atoms with Crippen LogP contribution in [0.25, 0.3) is 11.1 Å². The van der Waals surface area contributed by atoms with Crippen LogP contribution in [0, 0.1) is 6.92 Å². The molecule has 7 nitrogen and oxygen atoms in total. The van der Waals surface area contributed by atoms with Gasteiger partial charge in [-0.05, 0) is 19.8 Å². The van der Waals surface area contributed by atoms with Crippen molar-refractivity contribution >= 4 is 17.0 Å². The number of hydrogen-bond acceptors (Lipinski definition) is 5. The summed E-state index contributed by atoms with van der Waals surface area (Å²) in [5.74, 6) is -0.715. The summed E-state index contributed by atoms with van der Waals surface area (Å²) in [6, 6.07) is 0. The van der Waals surface area contributed by atoms with Gasteiger partial charge < -0.3 is 19.4 Å². The van der Waals surface area contributed by atoms with Gasteiger partial charge in [-0.3, -0.25) is 9.59 Å². The quantitative estimate of drug-likeness (QED) is 0.813. The number of aromatic amines is 1. The van der Waals surface area contributed by atoms with E-state index in [-0.39, 0.29) is 35.4 Å². The monoisotopic (exact) mass is 345 g/mol. The maximum Gasteiger partial charge on any atom is 0.418 e. The lowest BCUT2D eigenvalue weighted by Crippen LogP contribution is -2.58. The zero-order chi connectivity index (χ0) is 17.7. The van der Waals surface area contributed by atoms with E-state index in [2.05, 4.69) is 9.97 Å². The van der Waals surface area contributed by atoms with Crippen molar-refractivity contribution in [1.29, 1.82) is 0 Å². The van der Waals surface area contributed by atoms with Gasteiger partial charge in [0.1, 0.15) is 11.1 Å². The Bertz CT molecular complexity index is 857. The molecule has 0 aromatic carbocycles. The Balaban J connectivity index is 2.01. The van der Waals surface area contributed by atoms with Crippen molar-refractivity contribution < 1.29 is 27.5 Å². The van der Waals surface area contributed by atoms with Crippen molar-refractivity contribution in [3.8, 4) is 0 Å². The smallest absolute Gasteiger partial charge is 0.418 e. The standard InChI is InChI=1S/C14H14F3N3O4/c1-7-8(9-10(21)18-6-19-11(9)24-7)12(22)20-4-2-3-13(23,5-20)14(15,16)17/h6,23H,2-5H2,1H3,(H,18,19,21). The van der Waals surface area contributed by atoms with E-state index in [0.717, 1.165) is 11.2 Å². The number of aromatic nitrogens is 2. The van der Waals surface area contributed by atoms with Crippen LogP contribution in [0.1, 0.15) is 29.0 Å². The molecule has 130 valence electrons. The number of alkyl halides is 3. The number of carbonyl (C=O) groups excluding carboxylic acids is 1. The van der Waals surface area contributed by atoms with Crippen molar-refractivity contribution in [3.05, 3.63) is 28.0 Å². The highest BCUT2D eigenvalue weighted by molar-refractivity contribution is 6.06. The van der Waals surface area contributed by atoms with Gasteiger partial charge in [-0.25, -0.2) is 4.98 Å². The van der Waals surface area contributed by atoms with Gasteiger partial charge >= 0.3 is 6.18 Å². The topological polar surface area (TPSA) is 99.4 Å². The first-order valence-electron chi connectivity index (χ1n) is 7.19. The van der Waals surface area contributed by atoms with Crippen molar-refractivity contribution in [2.24, 2.45) is 0 Å². The van der Waals surface area contributed by atoms with Crippen molar-refractivity contribution in [3.63, 3.8) is 0 Å². The molecule has 24 heavy (non-hydrogen) atoms. The molecule has 0 radical (unpaired) electrons. The number of carbonyl (C=O) groups is 1. The first-order chi connectivity index (χ1) is 11.1. The fourth-order valence-electron chi connectivity index (χ4n) is 2.91. The number of amides is 1. The molecular formula is C14H14F3N3O4. The zero-order valence-corrected chi connectivity index (χ0v) is 12.6. The van der Waals surface area contributed by atoms with Gasteiger partial charge in [0.25, 0.3) is 11.5 Å². The molecule has 3 rings (SSSR count). The number of hydrogen-bond donors (Lipinski definition) is 2. The summed E-state index contributed by atoms with van der Waals surface area (Å²) < 4.78 is 44.3. The molecule has 1 aliphatic heterocycles. The van der Waals surface area contributed by atoms with Crippen LogP contribution >= 0.6 is 0 Å². The third-order valence-corrected chi connectivity index (χ3v) is 4.17. The predicted octanol–water partition coefficient (Wildman–Crippen LogP) is 1.35. The number of aryl methyl sites for hydroxylation is 1. The second kappa shape index (κ2) is 5.33. The molecule has 1 unspecified atom stereocenters. The SMILES string of the molecule is Cc1oc2nc[nH]c(=O)c2c1C(=O)N1CCCC(O)(C(F)(F)F)C1. The third kappa shape index (κ3) is 2.46. The van der Waals surface area contributed by atoms with Crippen molar-refractivity contribution in [2.45, 2.75) is 31.5 Å². The summed E-state index contributed by atoms with van der Waals surface area (Å²) >= 11 is 0. The summed E-state index contributed by atoms with van der Waals surface area (Å²) in [5, 5.41) is 9.73. The van der Waals surface area contributed by atoms with E-state index in [1.807, 2.05) is 0 Å². The second-order valence-corrected chi connectivity index (χ2v) is 5.80. The minimum Gasteiger partial charge on any atom is -0.442 e. The highest BCUT2D eigenvalue weighted by Crippen LogP contribution is 2.38. The van der Waals surface area contributed by atoms with Crippen LogP contribution in [0.5, 0.6) is 0 Å². The maximum atomic E-state index is 13.0. The normalized spacial score (nSPS) is 22.1. The molecule has 1 aliphatic rings. The van der Waals surface area contributed by atoms with Crippen LogP contribution in [0.4, 0.5) is 13.2 Å². The van der Waals surface area contributed by atoms with E-state index in [9.17, 15) is 27.9 Å². The van der Waals surface area contributed by atoms with E-state index in [0.29, 0.717) is 0 Å². The van der Waals surface area contributed by atoms with E-state index in [4.69, 9.17) is 4.42 Å². The van der Waals surface area contributed by atoms with Gasteiger partial charge in [-0.15, -0.1) is 0 Å². The summed E-state index contributed by atoms with van der Waals surface area (Å²) in [4.78, 5) is 31.6. The second-order valence-electron chi connectivity index (χ2n) is 5.80. The number of piperidine rings is 1. The summed E-state index contributed by atoms with van der Waals surface area (Å²) in [7, 11) is 0. The number of nitrogens with zero attached hydrogens (tertiary/aromatic N) is 2. The molecule has 10 heteroatoms. The summed E-state index contributed by atoms with van der Waals surface area (Å²) in [6.45, 7) is 0.579. The van der Waals surface area contributed by atoms with Gasteiger partial charge in [0.2, 0.25) is 5.71 Å². The number of nitrogens with one attached hydrogen (secondary N) is 1. The lowest BCUT2D eigenvalue weighted by molar-refractivity contribution is -0.271. The van der Waals surface area contributed by atoms with E-state index in [1.54, 1.807) is 0 Å². The van der Waals surface area contributed by atoms with Crippen LogP contribution in [-0.2, 0) is 0 Å². The van der Waals surface area contributed by atoms with Gasteiger partial charge in [0.05, 0.1) is 18.4 Å². The fraction of sp³-hybridized carbons (Fsp3) is 0.500. The molecule has 0 saturated carbocycles. The largest absolute Gasteiger partial charge is 0.442 e. The van der Waals surface area contributed by atoms with Crippen molar-refractivity contribution in [2.75, 3.05) is 13.1 Å². The van der Waals surface area contributed by atoms with Crippen LogP contribution in [0.2, 0.25) is 0 Å². The number of rotatable bonds is 1. The average molecular weight is 345 g/mol. The molecule has 2 aromatic heterocycles. The van der Waals surface area contributed by atoms with Crippen molar-refractivity contribution in [1.82, 2.24) is 14.9 Å². The molecular weight excluding hydrogens is 331 g/mol. The molecule has 0 aliphatic carbocycles. The molecule has 0 spiro atoms. The third-order valence-electron chi connectivity index (χ3n) is 4.17. The Morgan fingerprint density at radius 3 is 2.88 bits per heavy atom. The first-order valence-corrected chi connectivity index (χ1v) is 7.19. The van der Waals surface area contributed by atoms with Crippen LogP contribution in [0.3, 0.4) is 0 Å². The van der Waals surface area contributed by atoms with Gasteiger partial charge in [0, 0.05) is 6.54 Å². The summed E-state index contributed by atoms with van der Waals surface area (Å²) in [5.41, 5.74) is -3.78. The Kier molecular flexibility index (Phi) is 3.67. The zero-order valence-electron chi connectivity index (χ0n) is 12.6. The van der Waals surface area contributed by atoms with Gasteiger partial charge in [-0.1, -0.05) is 0 Å². The number of halogens is 3. The minimum atomic E-state index is -4.85. The number of β-amino-alcohol motifs (C(OH)–C–C–N with tert-alkyl or cyclic N) is 1. The number of furan rings is 1. The lowest BCUT2D eigenvalue weighted by Gasteiger charge is -2.40. The van der Waals surface area contributed by atoms with Crippen LogP contribution in [-0.4, -0.2) is 50.7 Å². The Hall–Kier alpha value is -2.36. The fourth-order valence-corrected chi connectivity index (χ4v) is 2.91. The molecule has 1 amide bonds. The van der Waals surface area contributed by atoms with Gasteiger partial charge in [0.15, 0.2) is 5.60 Å². The highest BCUT2D eigenvalue weighted by Gasteiger charge is 2.56. The average Bonchev–Trinajstić information content (AvgIpc) is 2.83. The predicted molar refractivity (Wildman–Crippen MR) is 75.5 cm³/mol. The van der Waals surface area contributed by atoms with Crippen LogP contribution in [0.15, 0.2) is 15.5 Å². The Labute approximate surface area is 133 Å². The molecule has 3 heterocycles. The highest BCUT2D eigenvalue weighted by atomic mass is 19.4. The molecule has 0 bridgehead atoms. The van der Waals surface area contributed by atoms with E-state index < -0.39 is 36.2 Å². The maximum absolute atomic E-state index is 13.0. The summed E-state index contributed by atoms with van der Waals surface area (Å²) in [6.07, 6.45) is -4.23. The van der Waals surface area contributed by atoms with E-state index >= 15 is 0 Å². The molecule has 1 fully saturated rings. The number of likely N-dealkylation sites (tertiary alicyclic amines) is 1. The van der Waals surface area contributed by atoms with E-state index in [1.165, 1.54) is 6.92 Å². The number of aliphatic hydroxyl groups is 1. The molecule has 1 saturated heterocycles. The Morgan fingerprint density at radius 2 is 2.21 bits per heavy atom. The number of H-pyrrole nitrogens is 1. The lowest BCUT2D eigenvalue weighted by atomic mass is 9.91. The Morgan fingerprint density at radius 1 is 1.50 bits per heavy atom. The number of fused-ring (bicyclic) bond motifs is 1. The molecule has 1 atom stereocenters. The minimum absolute atomic E-state index is 0.00874. The first kappa shape index (κ1) is 16.5.